The maximum absolute atomic E-state index is 13.0. The Balaban J connectivity index is 2.17. The van der Waals surface area contributed by atoms with E-state index < -0.39 is 22.9 Å². The number of carbonyl (C=O) groups excluding carboxylic acids is 2. The van der Waals surface area contributed by atoms with Crippen molar-refractivity contribution in [1.29, 1.82) is 0 Å². The lowest BCUT2D eigenvalue weighted by Crippen LogP contribution is -2.30. The second-order valence-electron chi connectivity index (χ2n) is 4.03. The molecule has 0 spiro atoms. The molecule has 0 saturated carbocycles. The van der Waals surface area contributed by atoms with Crippen molar-refractivity contribution >= 4 is 35.0 Å². The van der Waals surface area contributed by atoms with Crippen LogP contribution in [-0.2, 0) is 9.59 Å². The molecule has 5 nitrogen and oxygen atoms in total. The van der Waals surface area contributed by atoms with Crippen LogP contribution in [0.5, 0.6) is 0 Å². The second kappa shape index (κ2) is 5.87. The first-order chi connectivity index (χ1) is 9.47. The van der Waals surface area contributed by atoms with Gasteiger partial charge in [0.15, 0.2) is 0 Å². The Labute approximate surface area is 118 Å². The van der Waals surface area contributed by atoms with Crippen molar-refractivity contribution in [3.8, 4) is 0 Å². The third kappa shape index (κ3) is 3.24. The first-order valence-electron chi connectivity index (χ1n) is 5.70. The maximum Gasteiger partial charge on any atom is 0.305 e. The van der Waals surface area contributed by atoms with Gasteiger partial charge in [-0.2, -0.15) is 0 Å². The highest BCUT2D eigenvalue weighted by atomic mass is 32.2. The molecule has 1 aliphatic heterocycles. The molecule has 1 aromatic carbocycles. The number of benzene rings is 1. The zero-order valence-electron chi connectivity index (χ0n) is 10.2. The SMILES string of the molecule is O=C(O)CCN1C(=O)SC(=Cc2cccc(F)c2)C1=O. The number of nitrogens with zero attached hydrogens (tertiary/aromatic N) is 1. The highest BCUT2D eigenvalue weighted by Crippen LogP contribution is 2.32. The van der Waals surface area contributed by atoms with E-state index >= 15 is 0 Å². The summed E-state index contributed by atoms with van der Waals surface area (Å²) in [6.45, 7) is -0.166. The lowest BCUT2D eigenvalue weighted by Gasteiger charge is -2.09. The molecule has 1 saturated heterocycles. The number of imide groups is 1. The van der Waals surface area contributed by atoms with Crippen LogP contribution in [0.3, 0.4) is 0 Å². The summed E-state index contributed by atoms with van der Waals surface area (Å²) in [6.07, 6.45) is 1.11. The van der Waals surface area contributed by atoms with Gasteiger partial charge in [0.25, 0.3) is 11.1 Å². The molecular formula is C13H10FNO4S. The van der Waals surface area contributed by atoms with Gasteiger partial charge in [0, 0.05) is 6.54 Å². The molecule has 0 atom stereocenters. The highest BCUT2D eigenvalue weighted by molar-refractivity contribution is 8.18. The van der Waals surface area contributed by atoms with Crippen LogP contribution in [0.4, 0.5) is 9.18 Å². The number of carbonyl (C=O) groups is 3. The monoisotopic (exact) mass is 295 g/mol. The number of aliphatic carboxylic acids is 1. The molecule has 0 bridgehead atoms. The van der Waals surface area contributed by atoms with Gasteiger partial charge >= 0.3 is 5.97 Å². The van der Waals surface area contributed by atoms with Gasteiger partial charge in [-0.15, -0.1) is 0 Å². The average molecular weight is 295 g/mol. The minimum atomic E-state index is -1.09. The van der Waals surface area contributed by atoms with E-state index in [1.807, 2.05) is 0 Å². The second-order valence-corrected chi connectivity index (χ2v) is 5.03. The summed E-state index contributed by atoms with van der Waals surface area (Å²) in [5, 5.41) is 8.05. The topological polar surface area (TPSA) is 74.7 Å². The van der Waals surface area contributed by atoms with E-state index in [1.54, 1.807) is 6.07 Å². The van der Waals surface area contributed by atoms with Crippen molar-refractivity contribution in [1.82, 2.24) is 4.90 Å². The number of carboxylic acid groups (broad SMARTS) is 1. The van der Waals surface area contributed by atoms with Gasteiger partial charge in [0.1, 0.15) is 5.82 Å². The fourth-order valence-electron chi connectivity index (χ4n) is 1.65. The molecule has 7 heteroatoms. The molecule has 1 heterocycles. The summed E-state index contributed by atoms with van der Waals surface area (Å²) >= 11 is 0.717. The lowest BCUT2D eigenvalue weighted by atomic mass is 10.2. The zero-order chi connectivity index (χ0) is 14.7. The highest BCUT2D eigenvalue weighted by Gasteiger charge is 2.34. The number of thioether (sulfide) groups is 1. The van der Waals surface area contributed by atoms with Gasteiger partial charge in [-0.05, 0) is 35.5 Å². The van der Waals surface area contributed by atoms with Gasteiger partial charge in [-0.3, -0.25) is 19.3 Å². The molecule has 2 rings (SSSR count). The van der Waals surface area contributed by atoms with Gasteiger partial charge in [-0.1, -0.05) is 12.1 Å². The molecule has 104 valence electrons. The minimum absolute atomic E-state index is 0.158. The van der Waals surface area contributed by atoms with Gasteiger partial charge in [-0.25, -0.2) is 4.39 Å². The Bertz CT molecular complexity index is 614. The largest absolute Gasteiger partial charge is 0.481 e. The zero-order valence-corrected chi connectivity index (χ0v) is 11.0. The molecule has 1 aliphatic rings. The molecule has 0 radical (unpaired) electrons. The molecular weight excluding hydrogens is 285 g/mol. The number of hydrogen-bond acceptors (Lipinski definition) is 4. The summed E-state index contributed by atoms with van der Waals surface area (Å²) in [6, 6.07) is 5.62. The van der Waals surface area contributed by atoms with Crippen molar-refractivity contribution in [3.05, 3.63) is 40.6 Å². The maximum atomic E-state index is 13.0. The Morgan fingerprint density at radius 2 is 2.15 bits per heavy atom. The first-order valence-corrected chi connectivity index (χ1v) is 6.52. The predicted molar refractivity (Wildman–Crippen MR) is 71.3 cm³/mol. The average Bonchev–Trinajstić information content (AvgIpc) is 2.62. The van der Waals surface area contributed by atoms with Crippen molar-refractivity contribution in [2.45, 2.75) is 6.42 Å². The Kier molecular flexibility index (Phi) is 4.19. The molecule has 1 N–H and O–H groups in total. The van der Waals surface area contributed by atoms with E-state index in [4.69, 9.17) is 5.11 Å². The van der Waals surface area contributed by atoms with E-state index in [1.165, 1.54) is 24.3 Å². The van der Waals surface area contributed by atoms with Crippen LogP contribution in [0.15, 0.2) is 29.2 Å². The predicted octanol–water partition coefficient (Wildman–Crippen LogP) is 2.34. The van der Waals surface area contributed by atoms with E-state index in [0.717, 1.165) is 16.7 Å². The summed E-state index contributed by atoms with van der Waals surface area (Å²) in [5.74, 6) is -2.08. The third-order valence-corrected chi connectivity index (χ3v) is 3.48. The van der Waals surface area contributed by atoms with Crippen LogP contribution in [0, 0.1) is 5.82 Å². The molecule has 0 aromatic heterocycles. The van der Waals surface area contributed by atoms with Crippen LogP contribution in [0.1, 0.15) is 12.0 Å². The summed E-state index contributed by atoms with van der Waals surface area (Å²) in [5.41, 5.74) is 0.466. The van der Waals surface area contributed by atoms with Gasteiger partial charge in [0.2, 0.25) is 0 Å². The minimum Gasteiger partial charge on any atom is -0.481 e. The van der Waals surface area contributed by atoms with E-state index in [0.29, 0.717) is 5.56 Å². The normalized spacial score (nSPS) is 17.1. The van der Waals surface area contributed by atoms with Crippen LogP contribution < -0.4 is 0 Å². The smallest absolute Gasteiger partial charge is 0.305 e. The van der Waals surface area contributed by atoms with E-state index in [9.17, 15) is 18.8 Å². The standard InChI is InChI=1S/C13H10FNO4S/c14-9-3-1-2-8(6-9)7-10-12(18)15(13(19)20-10)5-4-11(16)17/h1-3,6-7H,4-5H2,(H,16,17). The quantitative estimate of drug-likeness (QED) is 0.863. The van der Waals surface area contributed by atoms with Crippen LogP contribution in [0.2, 0.25) is 0 Å². The molecule has 0 unspecified atom stereocenters. The fraction of sp³-hybridized carbons (Fsp3) is 0.154. The third-order valence-electron chi connectivity index (χ3n) is 2.57. The number of carboxylic acids is 1. The van der Waals surface area contributed by atoms with E-state index in [2.05, 4.69) is 0 Å². The van der Waals surface area contributed by atoms with Gasteiger partial charge in [0.05, 0.1) is 11.3 Å². The summed E-state index contributed by atoms with van der Waals surface area (Å²) in [7, 11) is 0. The van der Waals surface area contributed by atoms with Crippen LogP contribution >= 0.6 is 11.8 Å². The van der Waals surface area contributed by atoms with Gasteiger partial charge < -0.3 is 5.11 Å². The lowest BCUT2D eigenvalue weighted by molar-refractivity contribution is -0.137. The molecule has 1 aromatic rings. The summed E-state index contributed by atoms with van der Waals surface area (Å²) in [4.78, 5) is 35.1. The molecule has 2 amide bonds. The van der Waals surface area contributed by atoms with Crippen molar-refractivity contribution in [2.75, 3.05) is 6.54 Å². The molecule has 1 fully saturated rings. The number of amides is 2. The molecule has 20 heavy (non-hydrogen) atoms. The fourth-order valence-corrected chi connectivity index (χ4v) is 2.51. The Morgan fingerprint density at radius 1 is 1.40 bits per heavy atom. The van der Waals surface area contributed by atoms with Crippen molar-refractivity contribution < 1.29 is 23.9 Å². The first kappa shape index (κ1) is 14.3. The number of hydrogen-bond donors (Lipinski definition) is 1. The van der Waals surface area contributed by atoms with Crippen LogP contribution in [0.25, 0.3) is 6.08 Å². The Hall–Kier alpha value is -2.15. The number of rotatable bonds is 4. The van der Waals surface area contributed by atoms with Crippen molar-refractivity contribution in [3.63, 3.8) is 0 Å². The summed E-state index contributed by atoms with van der Waals surface area (Å²) < 4.78 is 13.0. The number of halogens is 1. The van der Waals surface area contributed by atoms with E-state index in [-0.39, 0.29) is 17.9 Å². The van der Waals surface area contributed by atoms with Crippen LogP contribution in [-0.4, -0.2) is 33.7 Å². The Morgan fingerprint density at radius 3 is 2.80 bits per heavy atom. The van der Waals surface area contributed by atoms with Crippen molar-refractivity contribution in [2.24, 2.45) is 0 Å². The molecule has 0 aliphatic carbocycles.